The zero-order valence-corrected chi connectivity index (χ0v) is 9.08. The van der Waals surface area contributed by atoms with E-state index in [2.05, 4.69) is 4.98 Å². The Morgan fingerprint density at radius 2 is 2.12 bits per heavy atom. The van der Waals surface area contributed by atoms with E-state index >= 15 is 0 Å². The zero-order chi connectivity index (χ0) is 11.5. The summed E-state index contributed by atoms with van der Waals surface area (Å²) in [7, 11) is 0. The Kier molecular flexibility index (Phi) is 3.17. The fourth-order valence-corrected chi connectivity index (χ4v) is 1.62. The predicted molar refractivity (Wildman–Crippen MR) is 60.6 cm³/mol. The number of nitrogens with zero attached hydrogens (tertiary/aromatic N) is 1. The van der Waals surface area contributed by atoms with E-state index in [1.807, 2.05) is 0 Å². The number of aliphatic hydroxyl groups is 1. The second kappa shape index (κ2) is 4.60. The highest BCUT2D eigenvalue weighted by molar-refractivity contribution is 6.31. The molecule has 0 spiro atoms. The normalized spacial score (nSPS) is 10.4. The number of rotatable bonds is 2. The number of halogens is 2. The van der Waals surface area contributed by atoms with Gasteiger partial charge in [-0.2, -0.15) is 0 Å². The van der Waals surface area contributed by atoms with Gasteiger partial charge in [-0.25, -0.2) is 4.39 Å². The van der Waals surface area contributed by atoms with E-state index < -0.39 is 5.82 Å². The number of pyridine rings is 1. The molecule has 0 bridgehead atoms. The molecule has 2 aromatic rings. The summed E-state index contributed by atoms with van der Waals surface area (Å²) in [6, 6.07) is 6.47. The van der Waals surface area contributed by atoms with E-state index in [0.717, 1.165) is 0 Å². The van der Waals surface area contributed by atoms with Crippen LogP contribution in [-0.4, -0.2) is 10.1 Å². The molecule has 1 aromatic heterocycles. The number of benzene rings is 1. The molecule has 0 atom stereocenters. The molecule has 2 rings (SSSR count). The van der Waals surface area contributed by atoms with E-state index in [-0.39, 0.29) is 11.6 Å². The van der Waals surface area contributed by atoms with Crippen molar-refractivity contribution < 1.29 is 9.50 Å². The third kappa shape index (κ3) is 2.05. The fourth-order valence-electron chi connectivity index (χ4n) is 1.45. The predicted octanol–water partition coefficient (Wildman–Crippen LogP) is 3.03. The van der Waals surface area contributed by atoms with E-state index in [4.69, 9.17) is 16.7 Å². The molecule has 0 unspecified atom stereocenters. The Balaban J connectivity index is 2.54. The van der Waals surface area contributed by atoms with Crippen molar-refractivity contribution >= 4 is 11.6 Å². The maximum atomic E-state index is 13.7. The van der Waals surface area contributed by atoms with Crippen molar-refractivity contribution in [2.45, 2.75) is 6.61 Å². The van der Waals surface area contributed by atoms with Gasteiger partial charge in [-0.1, -0.05) is 23.7 Å². The van der Waals surface area contributed by atoms with Crippen LogP contribution in [0.2, 0.25) is 5.02 Å². The van der Waals surface area contributed by atoms with Crippen LogP contribution in [0.5, 0.6) is 0 Å². The molecule has 1 heterocycles. The Bertz CT molecular complexity index is 516. The monoisotopic (exact) mass is 237 g/mol. The molecule has 0 aliphatic carbocycles. The quantitative estimate of drug-likeness (QED) is 0.871. The van der Waals surface area contributed by atoms with Crippen LogP contribution >= 0.6 is 11.6 Å². The van der Waals surface area contributed by atoms with Crippen LogP contribution in [0.3, 0.4) is 0 Å². The summed E-state index contributed by atoms with van der Waals surface area (Å²) < 4.78 is 13.7. The Labute approximate surface area is 97.3 Å². The molecule has 16 heavy (non-hydrogen) atoms. The molecule has 1 N–H and O–H groups in total. The van der Waals surface area contributed by atoms with Gasteiger partial charge in [0.2, 0.25) is 0 Å². The fraction of sp³-hybridized carbons (Fsp3) is 0.0833. The lowest BCUT2D eigenvalue weighted by atomic mass is 10.1. The molecule has 0 aliphatic rings. The Morgan fingerprint density at radius 1 is 1.31 bits per heavy atom. The van der Waals surface area contributed by atoms with Gasteiger partial charge < -0.3 is 5.11 Å². The minimum absolute atomic E-state index is 0.0758. The summed E-state index contributed by atoms with van der Waals surface area (Å²) in [5, 5.41) is 9.05. The molecule has 2 nitrogen and oxygen atoms in total. The van der Waals surface area contributed by atoms with Crippen molar-refractivity contribution in [2.75, 3.05) is 0 Å². The molecule has 1 aromatic carbocycles. The van der Waals surface area contributed by atoms with Gasteiger partial charge in [0.15, 0.2) is 0 Å². The molecular weight excluding hydrogens is 229 g/mol. The summed E-state index contributed by atoms with van der Waals surface area (Å²) in [4.78, 5) is 3.93. The molecule has 82 valence electrons. The molecule has 0 radical (unpaired) electrons. The number of hydrogen-bond acceptors (Lipinski definition) is 2. The van der Waals surface area contributed by atoms with Crippen LogP contribution in [0.4, 0.5) is 4.39 Å². The van der Waals surface area contributed by atoms with Crippen LogP contribution in [-0.2, 0) is 6.61 Å². The lowest BCUT2D eigenvalue weighted by molar-refractivity contribution is 0.281. The van der Waals surface area contributed by atoms with E-state index in [1.165, 1.54) is 18.5 Å². The summed E-state index contributed by atoms with van der Waals surface area (Å²) in [6.45, 7) is -0.122. The molecule has 0 fully saturated rings. The lowest BCUT2D eigenvalue weighted by Gasteiger charge is -2.05. The highest BCUT2D eigenvalue weighted by Crippen LogP contribution is 2.27. The first-order valence-corrected chi connectivity index (χ1v) is 5.09. The van der Waals surface area contributed by atoms with Crippen LogP contribution in [0.15, 0.2) is 36.7 Å². The summed E-state index contributed by atoms with van der Waals surface area (Å²) in [5.41, 5.74) is 1.62. The van der Waals surface area contributed by atoms with Gasteiger partial charge >= 0.3 is 0 Å². The molecule has 4 heteroatoms. The zero-order valence-electron chi connectivity index (χ0n) is 8.32. The Hall–Kier alpha value is -1.45. The van der Waals surface area contributed by atoms with Gasteiger partial charge in [-0.3, -0.25) is 4.98 Å². The molecule has 0 aliphatic heterocycles. The van der Waals surface area contributed by atoms with Gasteiger partial charge in [0.1, 0.15) is 5.82 Å². The topological polar surface area (TPSA) is 33.1 Å². The Morgan fingerprint density at radius 3 is 2.88 bits per heavy atom. The average molecular weight is 238 g/mol. The molecule has 0 amide bonds. The molecule has 0 saturated heterocycles. The van der Waals surface area contributed by atoms with Crippen molar-refractivity contribution in [1.29, 1.82) is 0 Å². The van der Waals surface area contributed by atoms with E-state index in [0.29, 0.717) is 16.7 Å². The standard InChI is InChI=1S/C12H9ClFNO/c13-11-3-1-2-10(12(11)14)9-4-8(7-16)5-15-6-9/h1-6,16H,7H2. The number of hydrogen-bond donors (Lipinski definition) is 1. The van der Waals surface area contributed by atoms with E-state index in [9.17, 15) is 4.39 Å². The van der Waals surface area contributed by atoms with Gasteiger partial charge in [0.25, 0.3) is 0 Å². The van der Waals surface area contributed by atoms with Crippen LogP contribution < -0.4 is 0 Å². The third-order valence-corrected chi connectivity index (χ3v) is 2.53. The first-order chi connectivity index (χ1) is 7.72. The van der Waals surface area contributed by atoms with Gasteiger partial charge in [-0.05, 0) is 17.7 Å². The van der Waals surface area contributed by atoms with Gasteiger partial charge in [0.05, 0.1) is 11.6 Å². The minimum atomic E-state index is -0.471. The van der Waals surface area contributed by atoms with Crippen LogP contribution in [0, 0.1) is 5.82 Å². The van der Waals surface area contributed by atoms with Gasteiger partial charge in [0, 0.05) is 23.5 Å². The summed E-state index contributed by atoms with van der Waals surface area (Å²) >= 11 is 5.69. The highest BCUT2D eigenvalue weighted by atomic mass is 35.5. The second-order valence-electron chi connectivity index (χ2n) is 3.34. The largest absolute Gasteiger partial charge is 0.392 e. The maximum absolute atomic E-state index is 13.7. The molecular formula is C12H9ClFNO. The second-order valence-corrected chi connectivity index (χ2v) is 3.75. The van der Waals surface area contributed by atoms with Gasteiger partial charge in [-0.15, -0.1) is 0 Å². The average Bonchev–Trinajstić information content (AvgIpc) is 2.33. The first-order valence-electron chi connectivity index (χ1n) is 4.71. The van der Waals surface area contributed by atoms with Crippen molar-refractivity contribution in [2.24, 2.45) is 0 Å². The molecule has 0 saturated carbocycles. The SMILES string of the molecule is OCc1cncc(-c2cccc(Cl)c2F)c1. The smallest absolute Gasteiger partial charge is 0.149 e. The summed E-state index contributed by atoms with van der Waals surface area (Å²) in [6.07, 6.45) is 3.07. The van der Waals surface area contributed by atoms with Crippen molar-refractivity contribution in [3.05, 3.63) is 53.1 Å². The number of aliphatic hydroxyl groups excluding tert-OH is 1. The highest BCUT2D eigenvalue weighted by Gasteiger charge is 2.08. The van der Waals surface area contributed by atoms with Crippen molar-refractivity contribution in [1.82, 2.24) is 4.98 Å². The maximum Gasteiger partial charge on any atom is 0.149 e. The first kappa shape index (κ1) is 11.0. The number of aromatic nitrogens is 1. The minimum Gasteiger partial charge on any atom is -0.392 e. The van der Waals surface area contributed by atoms with Crippen LogP contribution in [0.25, 0.3) is 11.1 Å². The van der Waals surface area contributed by atoms with E-state index in [1.54, 1.807) is 18.2 Å². The lowest BCUT2D eigenvalue weighted by Crippen LogP contribution is -1.90. The summed E-state index contributed by atoms with van der Waals surface area (Å²) in [5.74, 6) is -0.471. The van der Waals surface area contributed by atoms with Crippen molar-refractivity contribution in [3.8, 4) is 11.1 Å². The van der Waals surface area contributed by atoms with Crippen LogP contribution in [0.1, 0.15) is 5.56 Å². The van der Waals surface area contributed by atoms with Crippen molar-refractivity contribution in [3.63, 3.8) is 0 Å². The third-order valence-electron chi connectivity index (χ3n) is 2.24.